The summed E-state index contributed by atoms with van der Waals surface area (Å²) >= 11 is 6.18. The van der Waals surface area contributed by atoms with E-state index in [0.717, 1.165) is 5.56 Å². The maximum Gasteiger partial charge on any atom is 0.350 e. The summed E-state index contributed by atoms with van der Waals surface area (Å²) in [6, 6.07) is 10.7. The van der Waals surface area contributed by atoms with Crippen LogP contribution in [0.15, 0.2) is 36.5 Å². The molecule has 0 bridgehead atoms. The highest BCUT2D eigenvalue weighted by Crippen LogP contribution is 2.37. The van der Waals surface area contributed by atoms with E-state index < -0.39 is 38.5 Å². The van der Waals surface area contributed by atoms with Gasteiger partial charge in [-0.3, -0.25) is 4.57 Å². The highest BCUT2D eigenvalue weighted by atomic mass is 35.5. The third kappa shape index (κ3) is 5.64. The van der Waals surface area contributed by atoms with Gasteiger partial charge in [-0.1, -0.05) is 12.1 Å². The van der Waals surface area contributed by atoms with Gasteiger partial charge in [0.05, 0.1) is 23.6 Å². The van der Waals surface area contributed by atoms with E-state index in [4.69, 9.17) is 36.1 Å². The molecule has 5 N–H and O–H groups in total. The van der Waals surface area contributed by atoms with Crippen molar-refractivity contribution in [2.45, 2.75) is 37.5 Å². The van der Waals surface area contributed by atoms with Crippen molar-refractivity contribution in [3.63, 3.8) is 0 Å². The third-order valence-electron chi connectivity index (χ3n) is 5.59. The van der Waals surface area contributed by atoms with Crippen molar-refractivity contribution in [2.24, 2.45) is 0 Å². The monoisotopic (exact) mass is 523 g/mol. The highest BCUT2D eigenvalue weighted by Gasteiger charge is 2.44. The van der Waals surface area contributed by atoms with Gasteiger partial charge in [-0.15, -0.1) is 0 Å². The number of hydrogen-bond donors (Lipinski definition) is 5. The Morgan fingerprint density at radius 1 is 1.26 bits per heavy atom. The number of anilines is 1. The predicted molar refractivity (Wildman–Crippen MR) is 125 cm³/mol. The first kappa shape index (κ1) is 25.5. The lowest BCUT2D eigenvalue weighted by Gasteiger charge is -2.19. The van der Waals surface area contributed by atoms with E-state index >= 15 is 0 Å². The Bertz CT molecular complexity index is 1290. The Morgan fingerprint density at radius 2 is 1.97 bits per heavy atom. The average Bonchev–Trinajstić information content (AvgIpc) is 3.34. The lowest BCUT2D eigenvalue weighted by Crippen LogP contribution is -2.33. The summed E-state index contributed by atoms with van der Waals surface area (Å²) < 4.78 is 23.2. The molecule has 1 aromatic carbocycles. The molecule has 1 saturated heterocycles. The van der Waals surface area contributed by atoms with Crippen molar-refractivity contribution in [1.82, 2.24) is 14.5 Å². The summed E-state index contributed by atoms with van der Waals surface area (Å²) in [6.07, 6.45) is -4.03. The summed E-state index contributed by atoms with van der Waals surface area (Å²) in [5, 5.41) is 33.7. The van der Waals surface area contributed by atoms with Crippen LogP contribution >= 0.6 is 19.2 Å². The van der Waals surface area contributed by atoms with E-state index in [-0.39, 0.29) is 17.9 Å². The van der Waals surface area contributed by atoms with E-state index in [1.165, 1.54) is 4.57 Å². The molecule has 1 unspecified atom stereocenters. The van der Waals surface area contributed by atoms with Crippen molar-refractivity contribution < 1.29 is 34.0 Å². The number of aromatic nitrogens is 3. The smallest absolute Gasteiger partial charge is 0.350 e. The molecule has 3 aromatic rings. The van der Waals surface area contributed by atoms with Gasteiger partial charge < -0.3 is 39.4 Å². The molecule has 0 radical (unpaired) electrons. The number of halogens is 1. The van der Waals surface area contributed by atoms with Crippen molar-refractivity contribution in [2.75, 3.05) is 18.3 Å². The summed E-state index contributed by atoms with van der Waals surface area (Å²) in [6.45, 7) is 1.59. The number of ether oxygens (including phenoxy) is 2. The number of nitriles is 1. The van der Waals surface area contributed by atoms with Crippen LogP contribution in [-0.2, 0) is 14.0 Å². The molecule has 0 saturated carbocycles. The molecule has 1 aliphatic rings. The lowest BCUT2D eigenvalue weighted by atomic mass is 10.1. The minimum atomic E-state index is -4.38. The van der Waals surface area contributed by atoms with Gasteiger partial charge in [0.2, 0.25) is 5.28 Å². The molecule has 1 aliphatic heterocycles. The van der Waals surface area contributed by atoms with Crippen molar-refractivity contribution in [3.05, 3.63) is 52.9 Å². The maximum absolute atomic E-state index is 11.0. The number of hydrogen-bond acceptors (Lipinski definition) is 9. The Labute approximate surface area is 204 Å². The summed E-state index contributed by atoms with van der Waals surface area (Å²) in [5.74, 6) is 0.435. The number of nitrogens with zero attached hydrogens (tertiary/aromatic N) is 4. The standard InChI is InChI=1S/C21H23ClN5O7P/c1-11(13-4-2-12(8-23)3-5-13)24-18-14-6-7-27(19(14)26-21(22)25-18)20-17(29)16(28)15(34-20)9-33-10-35(30,31)32/h2-7,11,15-17,20,28-29H,9-10H2,1H3,(H,24,25,26)(H2,30,31,32)/t11?,15-,16-,17-,20-/m1/s1. The Balaban J connectivity index is 1.56. The third-order valence-corrected chi connectivity index (χ3v) is 6.28. The minimum absolute atomic E-state index is 0.0541. The molecule has 14 heteroatoms. The zero-order valence-electron chi connectivity index (χ0n) is 18.4. The molecule has 0 amide bonds. The average molecular weight is 524 g/mol. The number of fused-ring (bicyclic) bond motifs is 1. The van der Waals surface area contributed by atoms with E-state index in [1.54, 1.807) is 24.4 Å². The zero-order valence-corrected chi connectivity index (χ0v) is 20.0. The second kappa shape index (κ2) is 10.2. The summed E-state index contributed by atoms with van der Waals surface area (Å²) in [4.78, 5) is 26.4. The van der Waals surface area contributed by atoms with Gasteiger partial charge in [-0.05, 0) is 42.3 Å². The first-order valence-corrected chi connectivity index (χ1v) is 12.7. The van der Waals surface area contributed by atoms with Gasteiger partial charge in [0.1, 0.15) is 36.1 Å². The molecule has 2 aromatic heterocycles. The normalized spacial score (nSPS) is 23.3. The fourth-order valence-electron chi connectivity index (χ4n) is 3.84. The van der Waals surface area contributed by atoms with Gasteiger partial charge in [0.25, 0.3) is 0 Å². The van der Waals surface area contributed by atoms with Gasteiger partial charge in [0.15, 0.2) is 6.23 Å². The van der Waals surface area contributed by atoms with Crippen molar-refractivity contribution in [3.8, 4) is 6.07 Å². The molecule has 12 nitrogen and oxygen atoms in total. The van der Waals surface area contributed by atoms with Crippen LogP contribution in [0, 0.1) is 11.3 Å². The van der Waals surface area contributed by atoms with Crippen molar-refractivity contribution in [1.29, 1.82) is 5.26 Å². The fraction of sp³-hybridized carbons (Fsp3) is 0.381. The van der Waals surface area contributed by atoms with E-state index in [0.29, 0.717) is 22.4 Å². The van der Waals surface area contributed by atoms with Crippen LogP contribution in [-0.4, -0.2) is 65.8 Å². The van der Waals surface area contributed by atoms with Gasteiger partial charge in [-0.2, -0.15) is 10.2 Å². The van der Waals surface area contributed by atoms with Crippen LogP contribution in [0.25, 0.3) is 11.0 Å². The molecule has 35 heavy (non-hydrogen) atoms. The summed E-state index contributed by atoms with van der Waals surface area (Å²) in [5.41, 5.74) is 1.81. The number of benzene rings is 1. The van der Waals surface area contributed by atoms with Gasteiger partial charge in [-0.25, -0.2) is 4.98 Å². The first-order chi connectivity index (χ1) is 16.6. The predicted octanol–water partition coefficient (Wildman–Crippen LogP) is 1.90. The zero-order chi connectivity index (χ0) is 25.3. The van der Waals surface area contributed by atoms with E-state index in [9.17, 15) is 14.8 Å². The SMILES string of the molecule is CC(Nc1nc(Cl)nc2c1ccn2[C@@H]1O[C@H](COCP(=O)(O)O)[C@@H](O)[C@H]1O)c1ccc(C#N)cc1. The van der Waals surface area contributed by atoms with Crippen LogP contribution in [0.3, 0.4) is 0 Å². The van der Waals surface area contributed by atoms with E-state index in [1.807, 2.05) is 19.1 Å². The van der Waals surface area contributed by atoms with Crippen LogP contribution in [0.4, 0.5) is 5.82 Å². The van der Waals surface area contributed by atoms with E-state index in [2.05, 4.69) is 21.4 Å². The molecule has 1 fully saturated rings. The lowest BCUT2D eigenvalue weighted by molar-refractivity contribution is -0.0610. The Kier molecular flexibility index (Phi) is 7.42. The number of rotatable bonds is 8. The van der Waals surface area contributed by atoms with Crippen LogP contribution in [0.1, 0.15) is 30.3 Å². The molecule has 3 heterocycles. The quantitative estimate of drug-likeness (QED) is 0.214. The topological polar surface area (TPSA) is 183 Å². The summed E-state index contributed by atoms with van der Waals surface area (Å²) in [7, 11) is -4.38. The van der Waals surface area contributed by atoms with Gasteiger partial charge in [0, 0.05) is 12.2 Å². The second-order valence-corrected chi connectivity index (χ2v) is 10.0. The largest absolute Gasteiger partial charge is 0.387 e. The molecular formula is C21H23ClN5O7P. The molecular weight excluding hydrogens is 501 g/mol. The van der Waals surface area contributed by atoms with Crippen LogP contribution in [0.5, 0.6) is 0 Å². The van der Waals surface area contributed by atoms with Crippen LogP contribution in [0.2, 0.25) is 5.28 Å². The Morgan fingerprint density at radius 3 is 2.63 bits per heavy atom. The Hall–Kier alpha value is -2.59. The van der Waals surface area contributed by atoms with Crippen LogP contribution < -0.4 is 5.32 Å². The van der Waals surface area contributed by atoms with Gasteiger partial charge >= 0.3 is 7.60 Å². The molecule has 4 rings (SSSR count). The molecule has 0 aliphatic carbocycles. The van der Waals surface area contributed by atoms with Crippen molar-refractivity contribution >= 4 is 36.0 Å². The molecule has 0 spiro atoms. The number of aliphatic hydroxyl groups excluding tert-OH is 2. The first-order valence-electron chi connectivity index (χ1n) is 10.5. The fourth-order valence-corrected chi connectivity index (χ4v) is 4.35. The number of aliphatic hydroxyl groups is 2. The maximum atomic E-state index is 11.0. The molecule has 5 atom stereocenters. The number of nitrogens with one attached hydrogen (secondary N) is 1. The second-order valence-electron chi connectivity index (χ2n) is 8.11. The molecule has 186 valence electrons. The highest BCUT2D eigenvalue weighted by molar-refractivity contribution is 7.51. The minimum Gasteiger partial charge on any atom is -0.387 e.